The molecule has 1 aromatic carbocycles. The summed E-state index contributed by atoms with van der Waals surface area (Å²) in [5, 5.41) is 7.22. The van der Waals surface area contributed by atoms with Gasteiger partial charge in [-0.3, -0.25) is 4.90 Å². The smallest absolute Gasteiger partial charge is 0.150 e. The Hall–Kier alpha value is -1.65. The molecule has 0 saturated carbocycles. The zero-order chi connectivity index (χ0) is 12.2. The number of hydrogen-bond acceptors (Lipinski definition) is 4. The van der Waals surface area contributed by atoms with Crippen LogP contribution in [0.15, 0.2) is 47.1 Å². The van der Waals surface area contributed by atoms with Crippen LogP contribution in [0.1, 0.15) is 17.4 Å². The summed E-state index contributed by atoms with van der Waals surface area (Å²) in [7, 11) is 0. The average Bonchev–Trinajstić information content (AvgIpc) is 2.93. The van der Waals surface area contributed by atoms with Gasteiger partial charge in [0.15, 0.2) is 5.76 Å². The van der Waals surface area contributed by atoms with Crippen molar-refractivity contribution in [3.8, 4) is 0 Å². The summed E-state index contributed by atoms with van der Waals surface area (Å²) in [4.78, 5) is 2.44. The van der Waals surface area contributed by atoms with Gasteiger partial charge in [-0.05, 0) is 5.56 Å². The van der Waals surface area contributed by atoms with Crippen molar-refractivity contribution < 1.29 is 4.52 Å². The predicted molar refractivity (Wildman–Crippen MR) is 69.0 cm³/mol. The van der Waals surface area contributed by atoms with E-state index in [1.807, 2.05) is 6.07 Å². The topological polar surface area (TPSA) is 41.3 Å². The molecule has 1 unspecified atom stereocenters. The molecule has 0 aliphatic carbocycles. The number of nitrogens with zero attached hydrogens (tertiary/aromatic N) is 2. The van der Waals surface area contributed by atoms with E-state index < -0.39 is 0 Å². The van der Waals surface area contributed by atoms with Gasteiger partial charge < -0.3 is 9.84 Å². The van der Waals surface area contributed by atoms with Gasteiger partial charge in [-0.2, -0.15) is 0 Å². The van der Waals surface area contributed by atoms with Crippen LogP contribution in [-0.2, 0) is 6.54 Å². The number of rotatable bonds is 3. The van der Waals surface area contributed by atoms with Gasteiger partial charge in [0.1, 0.15) is 0 Å². The Labute approximate surface area is 107 Å². The van der Waals surface area contributed by atoms with Gasteiger partial charge in [-0.15, -0.1) is 0 Å². The molecule has 1 atom stereocenters. The molecule has 3 rings (SSSR count). The lowest BCUT2D eigenvalue weighted by atomic mass is 10.0. The molecule has 1 fully saturated rings. The van der Waals surface area contributed by atoms with Crippen molar-refractivity contribution in [2.24, 2.45) is 0 Å². The normalized spacial score (nSPS) is 21.0. The maximum absolute atomic E-state index is 5.21. The van der Waals surface area contributed by atoms with Crippen LogP contribution in [0.5, 0.6) is 0 Å². The molecule has 1 N–H and O–H groups in total. The summed E-state index contributed by atoms with van der Waals surface area (Å²) in [5.74, 6) is 0.929. The minimum atomic E-state index is 0.407. The van der Waals surface area contributed by atoms with Crippen LogP contribution in [-0.4, -0.2) is 29.7 Å². The lowest BCUT2D eigenvalue weighted by molar-refractivity contribution is 0.138. The van der Waals surface area contributed by atoms with E-state index in [9.17, 15) is 0 Å². The van der Waals surface area contributed by atoms with Crippen molar-refractivity contribution in [2.45, 2.75) is 12.6 Å². The summed E-state index contributed by atoms with van der Waals surface area (Å²) in [6.07, 6.45) is 1.70. The zero-order valence-corrected chi connectivity index (χ0v) is 10.2. The van der Waals surface area contributed by atoms with Crippen LogP contribution < -0.4 is 5.32 Å². The Morgan fingerprint density at radius 2 is 2.17 bits per heavy atom. The van der Waals surface area contributed by atoms with E-state index in [1.165, 1.54) is 5.56 Å². The molecule has 2 heterocycles. The molecule has 0 radical (unpaired) electrons. The fourth-order valence-electron chi connectivity index (χ4n) is 2.46. The Bertz CT molecular complexity index is 469. The number of hydrogen-bond donors (Lipinski definition) is 1. The molecule has 1 aliphatic rings. The molecule has 4 nitrogen and oxygen atoms in total. The maximum Gasteiger partial charge on any atom is 0.150 e. The second kappa shape index (κ2) is 5.33. The Kier molecular flexibility index (Phi) is 3.39. The second-order valence-corrected chi connectivity index (χ2v) is 4.58. The van der Waals surface area contributed by atoms with Crippen molar-refractivity contribution in [1.82, 2.24) is 15.4 Å². The Morgan fingerprint density at radius 1 is 1.28 bits per heavy atom. The van der Waals surface area contributed by atoms with Gasteiger partial charge in [0, 0.05) is 31.7 Å². The summed E-state index contributed by atoms with van der Waals surface area (Å²) in [6.45, 7) is 3.86. The van der Waals surface area contributed by atoms with E-state index in [0.717, 1.165) is 31.9 Å². The molecule has 1 saturated heterocycles. The third-order valence-corrected chi connectivity index (χ3v) is 3.39. The van der Waals surface area contributed by atoms with Crippen LogP contribution in [0.2, 0.25) is 0 Å². The number of nitrogens with one attached hydrogen (secondary N) is 1. The fourth-order valence-corrected chi connectivity index (χ4v) is 2.46. The largest absolute Gasteiger partial charge is 0.360 e. The molecule has 4 heteroatoms. The Morgan fingerprint density at radius 3 is 2.94 bits per heavy atom. The highest BCUT2D eigenvalue weighted by Gasteiger charge is 2.24. The molecular formula is C14H17N3O. The van der Waals surface area contributed by atoms with Crippen molar-refractivity contribution in [2.75, 3.05) is 19.6 Å². The molecule has 0 spiro atoms. The molecule has 1 aromatic heterocycles. The van der Waals surface area contributed by atoms with Gasteiger partial charge >= 0.3 is 0 Å². The van der Waals surface area contributed by atoms with Gasteiger partial charge in [-0.25, -0.2) is 0 Å². The highest BCUT2D eigenvalue weighted by molar-refractivity contribution is 5.20. The molecular weight excluding hydrogens is 226 g/mol. The lowest BCUT2D eigenvalue weighted by Gasteiger charge is -2.35. The average molecular weight is 243 g/mol. The number of benzene rings is 1. The van der Waals surface area contributed by atoms with Crippen molar-refractivity contribution in [1.29, 1.82) is 0 Å². The number of aromatic nitrogens is 1. The van der Waals surface area contributed by atoms with Crippen molar-refractivity contribution in [3.05, 3.63) is 53.9 Å². The first-order valence-corrected chi connectivity index (χ1v) is 6.33. The predicted octanol–water partition coefficient (Wildman–Crippen LogP) is 1.82. The SMILES string of the molecule is c1ccc(C2CNCCN2Cc2ccno2)cc1. The lowest BCUT2D eigenvalue weighted by Crippen LogP contribution is -2.45. The van der Waals surface area contributed by atoms with Crippen LogP contribution in [0.3, 0.4) is 0 Å². The van der Waals surface area contributed by atoms with E-state index in [2.05, 4.69) is 45.7 Å². The van der Waals surface area contributed by atoms with Gasteiger partial charge in [0.25, 0.3) is 0 Å². The highest BCUT2D eigenvalue weighted by Crippen LogP contribution is 2.23. The minimum Gasteiger partial charge on any atom is -0.360 e. The molecule has 0 amide bonds. The van der Waals surface area contributed by atoms with E-state index >= 15 is 0 Å². The van der Waals surface area contributed by atoms with Crippen molar-refractivity contribution in [3.63, 3.8) is 0 Å². The van der Waals surface area contributed by atoms with E-state index in [-0.39, 0.29) is 0 Å². The van der Waals surface area contributed by atoms with Gasteiger partial charge in [-0.1, -0.05) is 35.5 Å². The fraction of sp³-hybridized carbons (Fsp3) is 0.357. The Balaban J connectivity index is 1.78. The first kappa shape index (κ1) is 11.4. The monoisotopic (exact) mass is 243 g/mol. The second-order valence-electron chi connectivity index (χ2n) is 4.58. The highest BCUT2D eigenvalue weighted by atomic mass is 16.5. The third kappa shape index (κ3) is 2.44. The maximum atomic E-state index is 5.21. The quantitative estimate of drug-likeness (QED) is 0.893. The first-order chi connectivity index (χ1) is 8.93. The molecule has 0 bridgehead atoms. The van der Waals surface area contributed by atoms with Crippen LogP contribution in [0.25, 0.3) is 0 Å². The summed E-state index contributed by atoms with van der Waals surface area (Å²) < 4.78 is 5.21. The van der Waals surface area contributed by atoms with E-state index in [1.54, 1.807) is 6.20 Å². The van der Waals surface area contributed by atoms with Crippen LogP contribution in [0, 0.1) is 0 Å². The van der Waals surface area contributed by atoms with E-state index in [0.29, 0.717) is 6.04 Å². The van der Waals surface area contributed by atoms with Gasteiger partial charge in [0.05, 0.1) is 12.7 Å². The standard InChI is InChI=1S/C14H17N3O/c1-2-4-12(5-3-1)14-10-15-8-9-17(14)11-13-6-7-16-18-13/h1-7,14-15H,8-11H2. The first-order valence-electron chi connectivity index (χ1n) is 6.33. The summed E-state index contributed by atoms with van der Waals surface area (Å²) >= 11 is 0. The minimum absolute atomic E-state index is 0.407. The van der Waals surface area contributed by atoms with Gasteiger partial charge in [0.2, 0.25) is 0 Å². The molecule has 1 aliphatic heterocycles. The summed E-state index contributed by atoms with van der Waals surface area (Å²) in [5.41, 5.74) is 1.35. The molecule has 2 aromatic rings. The zero-order valence-electron chi connectivity index (χ0n) is 10.2. The summed E-state index contributed by atoms with van der Waals surface area (Å²) in [6, 6.07) is 13.0. The van der Waals surface area contributed by atoms with Crippen LogP contribution >= 0.6 is 0 Å². The third-order valence-electron chi connectivity index (χ3n) is 3.39. The molecule has 18 heavy (non-hydrogen) atoms. The van der Waals surface area contributed by atoms with Crippen molar-refractivity contribution >= 4 is 0 Å². The van der Waals surface area contributed by atoms with Crippen LogP contribution in [0.4, 0.5) is 0 Å². The van der Waals surface area contributed by atoms with E-state index in [4.69, 9.17) is 4.52 Å². The number of piperazine rings is 1. The molecule has 94 valence electrons.